The van der Waals surface area contributed by atoms with Gasteiger partial charge in [0, 0.05) is 48.1 Å². The molecule has 0 unspecified atom stereocenters. The molecular weight excluding hydrogens is 415 g/mol. The van der Waals surface area contributed by atoms with Gasteiger partial charge in [0.1, 0.15) is 5.78 Å². The number of carbonyl (C=O) groups excluding carboxylic acids is 1. The Kier molecular flexibility index (Phi) is 6.17. The molecule has 7 heteroatoms. The molecule has 0 aliphatic heterocycles. The van der Waals surface area contributed by atoms with Crippen molar-refractivity contribution in [3.63, 3.8) is 0 Å². The minimum atomic E-state index is -4.22. The van der Waals surface area contributed by atoms with Crippen LogP contribution < -0.4 is 0 Å². The van der Waals surface area contributed by atoms with E-state index in [-0.39, 0.29) is 25.0 Å². The quantitative estimate of drug-likeness (QED) is 0.344. The van der Waals surface area contributed by atoms with E-state index in [9.17, 15) is 18.0 Å². The van der Waals surface area contributed by atoms with Crippen LogP contribution in [0.2, 0.25) is 0 Å². The SMILES string of the molecule is CCc1ccc(-n2cc(-c3ccc4[nH]cc(CC(=O)CCCC(F)(F)F)c4c3)cn2)cc1. The number of halogens is 3. The van der Waals surface area contributed by atoms with Gasteiger partial charge in [0.15, 0.2) is 0 Å². The van der Waals surface area contributed by atoms with Gasteiger partial charge >= 0.3 is 6.18 Å². The molecule has 0 aliphatic carbocycles. The average molecular weight is 439 g/mol. The van der Waals surface area contributed by atoms with Crippen molar-refractivity contribution in [2.24, 2.45) is 0 Å². The minimum absolute atomic E-state index is 0.0739. The van der Waals surface area contributed by atoms with Crippen molar-refractivity contribution in [2.45, 2.75) is 45.2 Å². The van der Waals surface area contributed by atoms with E-state index in [1.165, 1.54) is 5.56 Å². The Labute approximate surface area is 184 Å². The monoisotopic (exact) mass is 439 g/mol. The zero-order chi connectivity index (χ0) is 22.7. The third kappa shape index (κ3) is 5.10. The summed E-state index contributed by atoms with van der Waals surface area (Å²) >= 11 is 0. The predicted octanol–water partition coefficient (Wildman–Crippen LogP) is 6.43. The molecule has 0 radical (unpaired) electrons. The van der Waals surface area contributed by atoms with Crippen molar-refractivity contribution in [1.29, 1.82) is 0 Å². The Hall–Kier alpha value is -3.35. The number of Topliss-reactive ketones (excluding diaryl/α,β-unsaturated/α-hetero) is 1. The van der Waals surface area contributed by atoms with E-state index in [1.54, 1.807) is 12.4 Å². The van der Waals surface area contributed by atoms with E-state index < -0.39 is 12.6 Å². The van der Waals surface area contributed by atoms with Gasteiger partial charge in [0.25, 0.3) is 0 Å². The van der Waals surface area contributed by atoms with Crippen molar-refractivity contribution in [2.75, 3.05) is 0 Å². The van der Waals surface area contributed by atoms with E-state index in [2.05, 4.69) is 29.1 Å². The molecule has 0 amide bonds. The Morgan fingerprint density at radius 3 is 2.59 bits per heavy atom. The van der Waals surface area contributed by atoms with E-state index >= 15 is 0 Å². The van der Waals surface area contributed by atoms with E-state index in [4.69, 9.17) is 0 Å². The second-order valence-electron chi connectivity index (χ2n) is 7.95. The molecule has 32 heavy (non-hydrogen) atoms. The normalized spacial score (nSPS) is 11.9. The maximum Gasteiger partial charge on any atom is 0.389 e. The molecule has 4 aromatic rings. The summed E-state index contributed by atoms with van der Waals surface area (Å²) in [5.41, 5.74) is 5.81. The van der Waals surface area contributed by atoms with Crippen molar-refractivity contribution in [3.8, 4) is 16.8 Å². The second kappa shape index (κ2) is 9.02. The molecule has 0 spiro atoms. The maximum absolute atomic E-state index is 12.3. The summed E-state index contributed by atoms with van der Waals surface area (Å²) in [6.45, 7) is 2.11. The highest BCUT2D eigenvalue weighted by atomic mass is 19.4. The van der Waals surface area contributed by atoms with Crippen molar-refractivity contribution in [1.82, 2.24) is 14.8 Å². The third-order valence-corrected chi connectivity index (χ3v) is 5.60. The van der Waals surface area contributed by atoms with Crippen LogP contribution in [0.3, 0.4) is 0 Å². The first-order valence-corrected chi connectivity index (χ1v) is 10.7. The number of aromatic amines is 1. The van der Waals surface area contributed by atoms with Gasteiger partial charge in [-0.1, -0.05) is 25.1 Å². The van der Waals surface area contributed by atoms with E-state index in [0.29, 0.717) is 0 Å². The lowest BCUT2D eigenvalue weighted by Crippen LogP contribution is -2.09. The lowest BCUT2D eigenvalue weighted by molar-refractivity contribution is -0.137. The summed E-state index contributed by atoms with van der Waals surface area (Å²) in [6.07, 6.45) is 1.21. The molecule has 0 atom stereocenters. The summed E-state index contributed by atoms with van der Waals surface area (Å²) in [7, 11) is 0. The van der Waals surface area contributed by atoms with E-state index in [0.717, 1.165) is 39.7 Å². The fraction of sp³-hybridized carbons (Fsp3) is 0.280. The van der Waals surface area contributed by atoms with Crippen LogP contribution in [0.1, 0.15) is 37.3 Å². The molecule has 0 saturated heterocycles. The van der Waals surface area contributed by atoms with Gasteiger partial charge in [-0.15, -0.1) is 0 Å². The van der Waals surface area contributed by atoms with Crippen molar-refractivity contribution in [3.05, 3.63) is 72.2 Å². The summed E-state index contributed by atoms with van der Waals surface area (Å²) in [5.74, 6) is -0.191. The van der Waals surface area contributed by atoms with Crippen LogP contribution in [0.15, 0.2) is 61.1 Å². The number of benzene rings is 2. The van der Waals surface area contributed by atoms with Crippen LogP contribution in [-0.4, -0.2) is 26.7 Å². The first kappa shape index (κ1) is 21.9. The van der Waals surface area contributed by atoms with Crippen LogP contribution in [0.25, 0.3) is 27.7 Å². The van der Waals surface area contributed by atoms with Gasteiger partial charge in [-0.05, 0) is 53.8 Å². The highest BCUT2D eigenvalue weighted by molar-refractivity contribution is 5.92. The highest BCUT2D eigenvalue weighted by Gasteiger charge is 2.26. The number of hydrogen-bond donors (Lipinski definition) is 1. The lowest BCUT2D eigenvalue weighted by atomic mass is 10.0. The molecule has 4 nitrogen and oxygen atoms in total. The Balaban J connectivity index is 1.51. The number of aryl methyl sites for hydroxylation is 1. The Morgan fingerprint density at radius 2 is 1.88 bits per heavy atom. The van der Waals surface area contributed by atoms with Gasteiger partial charge in [-0.25, -0.2) is 4.68 Å². The lowest BCUT2D eigenvalue weighted by Gasteiger charge is -2.05. The molecule has 2 heterocycles. The second-order valence-corrected chi connectivity index (χ2v) is 7.95. The summed E-state index contributed by atoms with van der Waals surface area (Å²) in [4.78, 5) is 15.3. The zero-order valence-corrected chi connectivity index (χ0v) is 17.7. The van der Waals surface area contributed by atoms with Crippen LogP contribution in [0.5, 0.6) is 0 Å². The van der Waals surface area contributed by atoms with E-state index in [1.807, 2.05) is 41.2 Å². The number of alkyl halides is 3. The van der Waals surface area contributed by atoms with Crippen LogP contribution in [0.4, 0.5) is 13.2 Å². The maximum atomic E-state index is 12.3. The third-order valence-electron chi connectivity index (χ3n) is 5.60. The number of fused-ring (bicyclic) bond motifs is 1. The summed E-state index contributed by atoms with van der Waals surface area (Å²) < 4.78 is 38.8. The standard InChI is InChI=1S/C25H24F3N3O/c1-2-17-5-8-21(9-6-17)31-16-20(15-30-31)18-7-10-24-23(13-18)19(14-29-24)12-22(32)4-3-11-25(26,27)28/h5-10,13-16,29H,2-4,11-12H2,1H3. The number of rotatable bonds is 8. The van der Waals surface area contributed by atoms with Gasteiger partial charge < -0.3 is 4.98 Å². The fourth-order valence-corrected chi connectivity index (χ4v) is 3.79. The summed E-state index contributed by atoms with van der Waals surface area (Å²) in [5, 5.41) is 5.37. The molecule has 4 rings (SSSR count). The van der Waals surface area contributed by atoms with Gasteiger partial charge in [-0.3, -0.25) is 4.79 Å². The zero-order valence-electron chi connectivity index (χ0n) is 17.7. The van der Waals surface area contributed by atoms with Crippen LogP contribution in [-0.2, 0) is 17.6 Å². The number of carbonyl (C=O) groups is 1. The molecule has 2 aromatic carbocycles. The highest BCUT2D eigenvalue weighted by Crippen LogP contribution is 2.28. The molecule has 2 aromatic heterocycles. The Bertz CT molecular complexity index is 1220. The average Bonchev–Trinajstić information content (AvgIpc) is 3.40. The first-order valence-electron chi connectivity index (χ1n) is 10.7. The van der Waals surface area contributed by atoms with Gasteiger partial charge in [-0.2, -0.15) is 18.3 Å². The smallest absolute Gasteiger partial charge is 0.361 e. The van der Waals surface area contributed by atoms with Crippen LogP contribution in [0, 0.1) is 0 Å². The molecule has 0 saturated carbocycles. The van der Waals surface area contributed by atoms with Gasteiger partial charge in [0.05, 0.1) is 11.9 Å². The topological polar surface area (TPSA) is 50.7 Å². The molecule has 0 bridgehead atoms. The van der Waals surface area contributed by atoms with Gasteiger partial charge in [0.2, 0.25) is 0 Å². The summed E-state index contributed by atoms with van der Waals surface area (Å²) in [6, 6.07) is 14.2. The fourth-order valence-electron chi connectivity index (χ4n) is 3.79. The van der Waals surface area contributed by atoms with Crippen LogP contribution >= 0.6 is 0 Å². The largest absolute Gasteiger partial charge is 0.389 e. The molecule has 0 fully saturated rings. The Morgan fingerprint density at radius 1 is 1.09 bits per heavy atom. The number of hydrogen-bond acceptors (Lipinski definition) is 2. The minimum Gasteiger partial charge on any atom is -0.361 e. The molecular formula is C25H24F3N3O. The molecule has 0 aliphatic rings. The first-order chi connectivity index (χ1) is 15.3. The number of ketones is 1. The number of nitrogens with one attached hydrogen (secondary N) is 1. The number of nitrogens with zero attached hydrogens (tertiary/aromatic N) is 2. The molecule has 166 valence electrons. The number of H-pyrrole nitrogens is 1. The number of aromatic nitrogens is 3. The molecule has 1 N–H and O–H groups in total. The van der Waals surface area contributed by atoms with Crippen molar-refractivity contribution < 1.29 is 18.0 Å². The predicted molar refractivity (Wildman–Crippen MR) is 119 cm³/mol. The van der Waals surface area contributed by atoms with Crippen molar-refractivity contribution >= 4 is 16.7 Å².